The van der Waals surface area contributed by atoms with E-state index in [0.717, 1.165) is 17.9 Å². The molecule has 0 saturated heterocycles. The first-order valence-electron chi connectivity index (χ1n) is 8.25. The lowest BCUT2D eigenvalue weighted by Gasteiger charge is -2.18. The molecule has 128 valence electrons. The highest BCUT2D eigenvalue weighted by atomic mass is 35.5. The van der Waals surface area contributed by atoms with Crippen molar-refractivity contribution in [3.63, 3.8) is 0 Å². The minimum atomic E-state index is -0.716. The Hall–Kier alpha value is -1.55. The van der Waals surface area contributed by atoms with Gasteiger partial charge < -0.3 is 4.84 Å². The number of halogens is 1. The van der Waals surface area contributed by atoms with Gasteiger partial charge in [0.1, 0.15) is 5.38 Å². The van der Waals surface area contributed by atoms with Gasteiger partial charge in [-0.25, -0.2) is 4.79 Å². The zero-order valence-electron chi connectivity index (χ0n) is 14.0. The van der Waals surface area contributed by atoms with Gasteiger partial charge in [-0.2, -0.15) is 5.06 Å². The second-order valence-electron chi connectivity index (χ2n) is 5.60. The smallest absolute Gasteiger partial charge is 0.336 e. The highest BCUT2D eigenvalue weighted by molar-refractivity contribution is 6.29. The van der Waals surface area contributed by atoms with Crippen molar-refractivity contribution in [3.8, 4) is 0 Å². The summed E-state index contributed by atoms with van der Waals surface area (Å²) in [5, 5.41) is 0.223. The molecule has 1 rings (SSSR count). The Bertz CT molecular complexity index is 478. The Labute approximate surface area is 143 Å². The Morgan fingerprint density at radius 1 is 1.09 bits per heavy atom. The summed E-state index contributed by atoms with van der Waals surface area (Å²) in [5.41, 5.74) is 0.463. The van der Waals surface area contributed by atoms with E-state index in [0.29, 0.717) is 12.0 Å². The lowest BCUT2D eigenvalue weighted by molar-refractivity contribution is -0.172. The molecule has 0 aromatic heterocycles. The lowest BCUT2D eigenvalue weighted by atomic mass is 10.1. The molecule has 0 fully saturated rings. The highest BCUT2D eigenvalue weighted by Gasteiger charge is 2.22. The average molecular weight is 340 g/mol. The first-order valence-corrected chi connectivity index (χ1v) is 8.69. The Kier molecular flexibility index (Phi) is 9.37. The normalized spacial score (nSPS) is 11.8. The minimum absolute atomic E-state index is 0.373. The van der Waals surface area contributed by atoms with E-state index in [1.165, 1.54) is 32.7 Å². The zero-order valence-corrected chi connectivity index (χ0v) is 14.7. The number of rotatable bonds is 9. The van der Waals surface area contributed by atoms with Gasteiger partial charge in [0, 0.05) is 12.6 Å². The van der Waals surface area contributed by atoms with Gasteiger partial charge in [0.15, 0.2) is 0 Å². The number of benzene rings is 1. The van der Waals surface area contributed by atoms with Crippen LogP contribution in [0.25, 0.3) is 0 Å². The van der Waals surface area contributed by atoms with Crippen LogP contribution in [0.4, 0.5) is 0 Å². The summed E-state index contributed by atoms with van der Waals surface area (Å²) in [7, 11) is 1.42. The van der Waals surface area contributed by atoms with Crippen LogP contribution >= 0.6 is 11.6 Å². The fourth-order valence-electron chi connectivity index (χ4n) is 2.22. The molecule has 23 heavy (non-hydrogen) atoms. The summed E-state index contributed by atoms with van der Waals surface area (Å²) >= 11 is 6.05. The van der Waals surface area contributed by atoms with Crippen molar-refractivity contribution >= 4 is 23.5 Å². The number of nitrogens with zero attached hydrogens (tertiary/aromatic N) is 1. The molecule has 1 amide bonds. The molecular weight excluding hydrogens is 314 g/mol. The van der Waals surface area contributed by atoms with Gasteiger partial charge in [-0.3, -0.25) is 4.79 Å². The maximum Gasteiger partial charge on any atom is 0.350 e. The number of hydrogen-bond donors (Lipinski definition) is 0. The molecule has 4 nitrogen and oxygen atoms in total. The van der Waals surface area contributed by atoms with Crippen LogP contribution in [0.15, 0.2) is 30.3 Å². The minimum Gasteiger partial charge on any atom is -0.336 e. The Balaban J connectivity index is 2.29. The molecule has 0 saturated carbocycles. The molecule has 1 unspecified atom stereocenters. The van der Waals surface area contributed by atoms with E-state index in [9.17, 15) is 9.59 Å². The second-order valence-corrected chi connectivity index (χ2v) is 6.13. The van der Waals surface area contributed by atoms with Crippen LogP contribution in [0.1, 0.15) is 62.2 Å². The predicted molar refractivity (Wildman–Crippen MR) is 92.3 cm³/mol. The first kappa shape index (κ1) is 19.5. The van der Waals surface area contributed by atoms with E-state index in [4.69, 9.17) is 16.4 Å². The largest absolute Gasteiger partial charge is 0.350 e. The van der Waals surface area contributed by atoms with Crippen LogP contribution in [0.2, 0.25) is 0 Å². The molecule has 1 aromatic carbocycles. The quantitative estimate of drug-likeness (QED) is 0.376. The van der Waals surface area contributed by atoms with Gasteiger partial charge in [-0.1, -0.05) is 63.6 Å². The molecule has 0 heterocycles. The molecule has 5 heteroatoms. The topological polar surface area (TPSA) is 46.6 Å². The number of carbonyl (C=O) groups excluding carboxylic acids is 2. The lowest BCUT2D eigenvalue weighted by Crippen LogP contribution is -2.33. The van der Waals surface area contributed by atoms with E-state index >= 15 is 0 Å². The fourth-order valence-corrected chi connectivity index (χ4v) is 2.41. The zero-order chi connectivity index (χ0) is 17.1. The molecule has 0 bridgehead atoms. The molecule has 0 spiro atoms. The molecule has 0 aliphatic heterocycles. The van der Waals surface area contributed by atoms with E-state index in [-0.39, 0.29) is 5.91 Å². The van der Waals surface area contributed by atoms with Crippen LogP contribution < -0.4 is 0 Å². The van der Waals surface area contributed by atoms with Crippen LogP contribution in [0.3, 0.4) is 0 Å². The van der Waals surface area contributed by atoms with Crippen molar-refractivity contribution in [2.24, 2.45) is 0 Å². The Morgan fingerprint density at radius 2 is 1.70 bits per heavy atom. The molecule has 0 radical (unpaired) electrons. The van der Waals surface area contributed by atoms with Crippen LogP contribution in [0, 0.1) is 0 Å². The van der Waals surface area contributed by atoms with Gasteiger partial charge in [0.05, 0.1) is 0 Å². The van der Waals surface area contributed by atoms with Gasteiger partial charge in [-0.15, -0.1) is 11.6 Å². The summed E-state index contributed by atoms with van der Waals surface area (Å²) in [6.07, 6.45) is 7.38. The Morgan fingerprint density at radius 3 is 2.35 bits per heavy atom. The number of carbonyl (C=O) groups is 2. The van der Waals surface area contributed by atoms with Crippen molar-refractivity contribution in [3.05, 3.63) is 35.9 Å². The van der Waals surface area contributed by atoms with E-state index in [1.54, 1.807) is 24.3 Å². The standard InChI is InChI=1S/C18H26ClNO3/c1-3-4-5-6-7-11-14-16(19)18(22)23-20(2)17(21)15-12-9-8-10-13-15/h8-10,12-13,16H,3-7,11,14H2,1-2H3. The molecule has 0 aliphatic carbocycles. The van der Waals surface area contributed by atoms with E-state index in [1.807, 2.05) is 6.07 Å². The third-order valence-corrected chi connectivity index (χ3v) is 4.00. The van der Waals surface area contributed by atoms with Crippen molar-refractivity contribution < 1.29 is 14.4 Å². The van der Waals surface area contributed by atoms with Gasteiger partial charge >= 0.3 is 5.97 Å². The summed E-state index contributed by atoms with van der Waals surface area (Å²) in [6, 6.07) is 8.66. The number of hydrogen-bond acceptors (Lipinski definition) is 3. The maximum absolute atomic E-state index is 12.1. The van der Waals surface area contributed by atoms with Gasteiger partial charge in [0.2, 0.25) is 0 Å². The second kappa shape index (κ2) is 11.1. The van der Waals surface area contributed by atoms with Gasteiger partial charge in [0.25, 0.3) is 5.91 Å². The van der Waals surface area contributed by atoms with Crippen molar-refractivity contribution in [1.29, 1.82) is 0 Å². The van der Waals surface area contributed by atoms with Crippen molar-refractivity contribution in [2.45, 2.75) is 57.2 Å². The average Bonchev–Trinajstić information content (AvgIpc) is 2.57. The fraction of sp³-hybridized carbons (Fsp3) is 0.556. The molecule has 0 aliphatic rings. The first-order chi connectivity index (χ1) is 11.1. The third-order valence-electron chi connectivity index (χ3n) is 3.60. The predicted octanol–water partition coefficient (Wildman–Crippen LogP) is 4.57. The summed E-state index contributed by atoms with van der Waals surface area (Å²) in [5.74, 6) is -0.950. The SMILES string of the molecule is CCCCCCCCC(Cl)C(=O)ON(C)C(=O)c1ccccc1. The summed E-state index contributed by atoms with van der Waals surface area (Å²) in [4.78, 5) is 29.0. The van der Waals surface area contributed by atoms with Crippen molar-refractivity contribution in [2.75, 3.05) is 7.05 Å². The molecule has 1 atom stereocenters. The number of hydroxylamine groups is 2. The van der Waals surface area contributed by atoms with E-state index < -0.39 is 11.3 Å². The van der Waals surface area contributed by atoms with Crippen LogP contribution in [-0.2, 0) is 9.63 Å². The number of unbranched alkanes of at least 4 members (excludes halogenated alkanes) is 5. The summed E-state index contributed by atoms with van der Waals surface area (Å²) in [6.45, 7) is 2.18. The molecule has 1 aromatic rings. The van der Waals surface area contributed by atoms with Crippen LogP contribution in [-0.4, -0.2) is 29.4 Å². The maximum atomic E-state index is 12.1. The van der Waals surface area contributed by atoms with Gasteiger partial charge in [-0.05, 0) is 18.6 Å². The molecular formula is C18H26ClNO3. The highest BCUT2D eigenvalue weighted by Crippen LogP contribution is 2.14. The summed E-state index contributed by atoms with van der Waals surface area (Å²) < 4.78 is 0. The monoisotopic (exact) mass is 339 g/mol. The number of amides is 1. The van der Waals surface area contributed by atoms with Crippen LogP contribution in [0.5, 0.6) is 0 Å². The van der Waals surface area contributed by atoms with Crippen molar-refractivity contribution in [1.82, 2.24) is 5.06 Å². The molecule has 0 N–H and O–H groups in total. The van der Waals surface area contributed by atoms with E-state index in [2.05, 4.69) is 6.92 Å². The number of alkyl halides is 1. The third kappa shape index (κ3) is 7.51.